The molecule has 0 atom stereocenters. The summed E-state index contributed by atoms with van der Waals surface area (Å²) in [5.74, 6) is 0.515. The van der Waals surface area contributed by atoms with E-state index in [0.29, 0.717) is 28.2 Å². The SMILES string of the molecule is COc1ccc2cc(C(=O)Nc3cc(C)ccc3OC)c(=O)oc2c1. The molecule has 6 nitrogen and oxygen atoms in total. The van der Waals surface area contributed by atoms with Crippen molar-refractivity contribution in [1.29, 1.82) is 0 Å². The van der Waals surface area contributed by atoms with Gasteiger partial charge in [0.1, 0.15) is 22.6 Å². The van der Waals surface area contributed by atoms with Crippen LogP contribution >= 0.6 is 0 Å². The second kappa shape index (κ2) is 6.68. The van der Waals surface area contributed by atoms with Gasteiger partial charge in [0.15, 0.2) is 0 Å². The monoisotopic (exact) mass is 339 g/mol. The number of methoxy groups -OCH3 is 2. The number of ether oxygens (including phenoxy) is 2. The van der Waals surface area contributed by atoms with Gasteiger partial charge in [0, 0.05) is 11.5 Å². The average molecular weight is 339 g/mol. The summed E-state index contributed by atoms with van der Waals surface area (Å²) in [4.78, 5) is 24.7. The Balaban J connectivity index is 1.99. The van der Waals surface area contributed by atoms with Crippen LogP contribution in [0.4, 0.5) is 5.69 Å². The van der Waals surface area contributed by atoms with Gasteiger partial charge in [0.05, 0.1) is 19.9 Å². The number of aryl methyl sites for hydroxylation is 1. The molecule has 0 fully saturated rings. The van der Waals surface area contributed by atoms with Gasteiger partial charge in [-0.15, -0.1) is 0 Å². The summed E-state index contributed by atoms with van der Waals surface area (Å²) < 4.78 is 15.6. The molecule has 0 bridgehead atoms. The molecule has 0 saturated heterocycles. The smallest absolute Gasteiger partial charge is 0.349 e. The van der Waals surface area contributed by atoms with Crippen LogP contribution in [-0.2, 0) is 0 Å². The minimum Gasteiger partial charge on any atom is -0.497 e. The zero-order valence-electron chi connectivity index (χ0n) is 14.1. The molecule has 0 aliphatic heterocycles. The molecule has 128 valence electrons. The Morgan fingerprint density at radius 1 is 1.04 bits per heavy atom. The number of benzene rings is 2. The van der Waals surface area contributed by atoms with E-state index in [1.807, 2.05) is 13.0 Å². The maximum Gasteiger partial charge on any atom is 0.349 e. The molecule has 1 amide bonds. The van der Waals surface area contributed by atoms with E-state index in [-0.39, 0.29) is 5.56 Å². The predicted octanol–water partition coefficient (Wildman–Crippen LogP) is 3.37. The molecule has 0 radical (unpaired) electrons. The fourth-order valence-corrected chi connectivity index (χ4v) is 2.49. The average Bonchev–Trinajstić information content (AvgIpc) is 2.60. The highest BCUT2D eigenvalue weighted by molar-refractivity contribution is 6.06. The lowest BCUT2D eigenvalue weighted by atomic mass is 10.1. The zero-order valence-corrected chi connectivity index (χ0v) is 14.1. The zero-order chi connectivity index (χ0) is 18.0. The van der Waals surface area contributed by atoms with Gasteiger partial charge in [-0.25, -0.2) is 4.79 Å². The summed E-state index contributed by atoms with van der Waals surface area (Å²) >= 11 is 0. The van der Waals surface area contributed by atoms with Crippen LogP contribution in [0, 0.1) is 6.92 Å². The first-order chi connectivity index (χ1) is 12.0. The van der Waals surface area contributed by atoms with E-state index in [4.69, 9.17) is 13.9 Å². The minimum atomic E-state index is -0.718. The summed E-state index contributed by atoms with van der Waals surface area (Å²) in [5.41, 5.74) is 0.996. The summed E-state index contributed by atoms with van der Waals surface area (Å²) in [6, 6.07) is 11.9. The Kier molecular flexibility index (Phi) is 4.43. The highest BCUT2D eigenvalue weighted by Crippen LogP contribution is 2.26. The second-order valence-electron chi connectivity index (χ2n) is 5.51. The number of carbonyl (C=O) groups excluding carboxylic acids is 1. The van der Waals surface area contributed by atoms with Crippen molar-refractivity contribution in [2.24, 2.45) is 0 Å². The van der Waals surface area contributed by atoms with Crippen LogP contribution in [0.5, 0.6) is 11.5 Å². The molecular weight excluding hydrogens is 322 g/mol. The third-order valence-corrected chi connectivity index (χ3v) is 3.79. The highest BCUT2D eigenvalue weighted by atomic mass is 16.5. The molecule has 25 heavy (non-hydrogen) atoms. The van der Waals surface area contributed by atoms with Crippen molar-refractivity contribution >= 4 is 22.6 Å². The summed E-state index contributed by atoms with van der Waals surface area (Å²) in [7, 11) is 3.04. The van der Waals surface area contributed by atoms with Crippen LogP contribution in [-0.4, -0.2) is 20.1 Å². The number of hydrogen-bond donors (Lipinski definition) is 1. The van der Waals surface area contributed by atoms with Gasteiger partial charge in [0.25, 0.3) is 5.91 Å². The molecule has 1 aromatic heterocycles. The molecule has 2 aromatic carbocycles. The van der Waals surface area contributed by atoms with Crippen LogP contribution in [0.1, 0.15) is 15.9 Å². The van der Waals surface area contributed by atoms with E-state index in [1.54, 1.807) is 30.3 Å². The second-order valence-corrected chi connectivity index (χ2v) is 5.51. The Labute approximate surface area is 144 Å². The standard InChI is InChI=1S/C19H17NO5/c1-11-4-7-16(24-3)15(8-11)20-18(21)14-9-12-5-6-13(23-2)10-17(12)25-19(14)22/h4-10H,1-3H3,(H,20,21). The number of hydrogen-bond acceptors (Lipinski definition) is 5. The number of nitrogens with one attached hydrogen (secondary N) is 1. The predicted molar refractivity (Wildman–Crippen MR) is 94.7 cm³/mol. The van der Waals surface area contributed by atoms with Crippen LogP contribution in [0.2, 0.25) is 0 Å². The Hall–Kier alpha value is -3.28. The van der Waals surface area contributed by atoms with Crippen molar-refractivity contribution in [1.82, 2.24) is 0 Å². The number of fused-ring (bicyclic) bond motifs is 1. The van der Waals surface area contributed by atoms with Gasteiger partial charge >= 0.3 is 5.63 Å². The normalized spacial score (nSPS) is 10.5. The number of rotatable bonds is 4. The van der Waals surface area contributed by atoms with E-state index in [0.717, 1.165) is 5.56 Å². The van der Waals surface area contributed by atoms with E-state index in [9.17, 15) is 9.59 Å². The highest BCUT2D eigenvalue weighted by Gasteiger charge is 2.16. The molecule has 3 rings (SSSR count). The maximum atomic E-state index is 12.5. The van der Waals surface area contributed by atoms with E-state index < -0.39 is 11.5 Å². The quantitative estimate of drug-likeness (QED) is 0.737. The Morgan fingerprint density at radius 2 is 1.84 bits per heavy atom. The molecular formula is C19H17NO5. The third-order valence-electron chi connectivity index (χ3n) is 3.79. The molecule has 0 spiro atoms. The molecule has 0 aliphatic carbocycles. The third kappa shape index (κ3) is 3.33. The first kappa shape index (κ1) is 16.6. The van der Waals surface area contributed by atoms with Gasteiger partial charge in [-0.3, -0.25) is 4.79 Å². The lowest BCUT2D eigenvalue weighted by Crippen LogP contribution is -2.21. The van der Waals surface area contributed by atoms with Gasteiger partial charge in [0.2, 0.25) is 0 Å². The van der Waals surface area contributed by atoms with Crippen molar-refractivity contribution in [2.45, 2.75) is 6.92 Å². The van der Waals surface area contributed by atoms with Gasteiger partial charge in [-0.2, -0.15) is 0 Å². The van der Waals surface area contributed by atoms with Gasteiger partial charge in [-0.05, 0) is 42.8 Å². The maximum absolute atomic E-state index is 12.5. The lowest BCUT2D eigenvalue weighted by molar-refractivity contribution is 0.102. The molecule has 0 saturated carbocycles. The number of amides is 1. The molecule has 1 heterocycles. The fourth-order valence-electron chi connectivity index (χ4n) is 2.49. The largest absolute Gasteiger partial charge is 0.497 e. The minimum absolute atomic E-state index is 0.0822. The van der Waals surface area contributed by atoms with Crippen LogP contribution in [0.3, 0.4) is 0 Å². The van der Waals surface area contributed by atoms with Gasteiger partial charge in [-0.1, -0.05) is 6.07 Å². The summed E-state index contributed by atoms with van der Waals surface area (Å²) in [6.07, 6.45) is 0. The molecule has 3 aromatic rings. The van der Waals surface area contributed by atoms with Crippen molar-refractivity contribution < 1.29 is 18.7 Å². The topological polar surface area (TPSA) is 77.8 Å². The van der Waals surface area contributed by atoms with E-state index in [2.05, 4.69) is 5.32 Å². The summed E-state index contributed by atoms with van der Waals surface area (Å²) in [5, 5.41) is 3.32. The first-order valence-electron chi connectivity index (χ1n) is 7.59. The van der Waals surface area contributed by atoms with Crippen molar-refractivity contribution in [2.75, 3.05) is 19.5 Å². The Morgan fingerprint density at radius 3 is 2.56 bits per heavy atom. The van der Waals surface area contributed by atoms with Crippen molar-refractivity contribution in [3.63, 3.8) is 0 Å². The van der Waals surface area contributed by atoms with E-state index >= 15 is 0 Å². The van der Waals surface area contributed by atoms with Crippen molar-refractivity contribution in [3.8, 4) is 11.5 Å². The van der Waals surface area contributed by atoms with Crippen molar-refractivity contribution in [3.05, 3.63) is 64.0 Å². The molecule has 0 aliphatic rings. The molecule has 1 N–H and O–H groups in total. The van der Waals surface area contributed by atoms with Gasteiger partial charge < -0.3 is 19.2 Å². The van der Waals surface area contributed by atoms with Crippen LogP contribution in [0.15, 0.2) is 51.7 Å². The Bertz CT molecular complexity index is 1010. The number of carbonyl (C=O) groups is 1. The van der Waals surface area contributed by atoms with Crippen LogP contribution in [0.25, 0.3) is 11.0 Å². The van der Waals surface area contributed by atoms with E-state index in [1.165, 1.54) is 20.3 Å². The first-order valence-corrected chi connectivity index (χ1v) is 7.59. The van der Waals surface area contributed by atoms with Crippen LogP contribution < -0.4 is 20.4 Å². The lowest BCUT2D eigenvalue weighted by Gasteiger charge is -2.11. The summed E-state index contributed by atoms with van der Waals surface area (Å²) in [6.45, 7) is 1.90. The fraction of sp³-hybridized carbons (Fsp3) is 0.158. The molecule has 6 heteroatoms. The molecule has 0 unspecified atom stereocenters. The number of anilines is 1.